The van der Waals surface area contributed by atoms with Crippen molar-refractivity contribution in [3.05, 3.63) is 42.1 Å². The molecule has 0 N–H and O–H groups in total. The van der Waals surface area contributed by atoms with Crippen LogP contribution in [0.5, 0.6) is 0 Å². The predicted molar refractivity (Wildman–Crippen MR) is 58.8 cm³/mol. The Labute approximate surface area is 88.4 Å². The van der Waals surface area contributed by atoms with Gasteiger partial charge in [0.2, 0.25) is 0 Å². The summed E-state index contributed by atoms with van der Waals surface area (Å²) in [7, 11) is -1.74. The molecule has 0 saturated heterocycles. The van der Waals surface area contributed by atoms with Gasteiger partial charge < -0.3 is 0 Å². The molecule has 0 aliphatic heterocycles. The minimum Gasteiger partial charge on any atom is -0.166 e. The van der Waals surface area contributed by atoms with Crippen LogP contribution in [0.3, 0.4) is 0 Å². The highest BCUT2D eigenvalue weighted by atomic mass is 28.3. The zero-order valence-electron chi connectivity index (χ0n) is 8.73. The van der Waals surface area contributed by atoms with Gasteiger partial charge in [-0.1, -0.05) is 48.2 Å². The fourth-order valence-corrected chi connectivity index (χ4v) is 2.47. The van der Waals surface area contributed by atoms with Crippen LogP contribution >= 0.6 is 0 Å². The molecule has 0 amide bonds. The Bertz CT molecular complexity index is 349. The molecule has 0 nitrogen and oxygen atoms in total. The first-order valence-corrected chi connectivity index (χ1v) is 7.66. The SMILES string of the molecule is C=C[Si](C)(C)c1ccc(C(F)(F)F)cc1. The summed E-state index contributed by atoms with van der Waals surface area (Å²) in [5.41, 5.74) is 1.26. The molecule has 0 atom stereocenters. The lowest BCUT2D eigenvalue weighted by Gasteiger charge is -2.18. The second kappa shape index (κ2) is 3.85. The molecule has 82 valence electrons. The van der Waals surface area contributed by atoms with Crippen molar-refractivity contribution in [1.82, 2.24) is 0 Å². The van der Waals surface area contributed by atoms with Crippen LogP contribution in [0.25, 0.3) is 0 Å². The standard InChI is InChI=1S/C11H13F3Si/c1-4-15(2,3)10-7-5-9(6-8-10)11(12,13)14/h4-8H,1H2,2-3H3. The van der Waals surface area contributed by atoms with Gasteiger partial charge in [0.25, 0.3) is 0 Å². The van der Waals surface area contributed by atoms with E-state index >= 15 is 0 Å². The fraction of sp³-hybridized carbons (Fsp3) is 0.273. The normalized spacial score (nSPS) is 12.6. The molecule has 0 aliphatic carbocycles. The van der Waals surface area contributed by atoms with Crippen LogP contribution in [0, 0.1) is 0 Å². The third-order valence-electron chi connectivity index (χ3n) is 2.47. The summed E-state index contributed by atoms with van der Waals surface area (Å²) < 4.78 is 36.9. The molecule has 0 radical (unpaired) electrons. The molecule has 0 unspecified atom stereocenters. The number of halogens is 3. The zero-order chi connectivity index (χ0) is 11.7. The van der Waals surface area contributed by atoms with Crippen LogP contribution in [0.1, 0.15) is 5.56 Å². The van der Waals surface area contributed by atoms with Gasteiger partial charge in [-0.3, -0.25) is 0 Å². The summed E-state index contributed by atoms with van der Waals surface area (Å²) in [5.74, 6) is 0. The summed E-state index contributed by atoms with van der Waals surface area (Å²) in [6, 6.07) is 5.37. The Morgan fingerprint density at radius 2 is 1.60 bits per heavy atom. The van der Waals surface area contributed by atoms with E-state index in [9.17, 15) is 13.2 Å². The Kier molecular flexibility index (Phi) is 3.09. The van der Waals surface area contributed by atoms with Crippen LogP contribution in [0.2, 0.25) is 13.1 Å². The largest absolute Gasteiger partial charge is 0.416 e. The monoisotopic (exact) mass is 230 g/mol. The number of hydrogen-bond acceptors (Lipinski definition) is 0. The van der Waals surface area contributed by atoms with Crippen molar-refractivity contribution in [2.45, 2.75) is 19.3 Å². The van der Waals surface area contributed by atoms with E-state index in [0.29, 0.717) is 0 Å². The second-order valence-corrected chi connectivity index (χ2v) is 8.43. The first kappa shape index (κ1) is 12.0. The Morgan fingerprint density at radius 1 is 1.13 bits per heavy atom. The third-order valence-corrected chi connectivity index (χ3v) is 5.31. The van der Waals surface area contributed by atoms with E-state index in [1.54, 1.807) is 12.1 Å². The second-order valence-electron chi connectivity index (χ2n) is 4.00. The maximum atomic E-state index is 12.3. The summed E-state index contributed by atoms with van der Waals surface area (Å²) in [4.78, 5) is 0. The lowest BCUT2D eigenvalue weighted by molar-refractivity contribution is -0.137. The molecule has 1 rings (SSSR count). The quantitative estimate of drug-likeness (QED) is 0.683. The minimum absolute atomic E-state index is 0.597. The van der Waals surface area contributed by atoms with Gasteiger partial charge in [-0.2, -0.15) is 13.2 Å². The van der Waals surface area contributed by atoms with Crippen LogP contribution in [0.4, 0.5) is 13.2 Å². The Balaban J connectivity index is 3.06. The summed E-state index contributed by atoms with van der Waals surface area (Å²) in [6.07, 6.45) is -4.25. The molecule has 0 heterocycles. The van der Waals surface area contributed by atoms with Gasteiger partial charge >= 0.3 is 6.18 Å². The van der Waals surface area contributed by atoms with Crippen molar-refractivity contribution in [3.63, 3.8) is 0 Å². The Morgan fingerprint density at radius 3 is 1.93 bits per heavy atom. The van der Waals surface area contributed by atoms with Crippen molar-refractivity contribution in [2.75, 3.05) is 0 Å². The van der Waals surface area contributed by atoms with Gasteiger partial charge in [0.05, 0.1) is 5.56 Å². The fourth-order valence-electron chi connectivity index (χ4n) is 1.21. The molecular weight excluding hydrogens is 217 g/mol. The van der Waals surface area contributed by atoms with E-state index < -0.39 is 19.8 Å². The lowest BCUT2D eigenvalue weighted by atomic mass is 10.2. The summed E-state index contributed by atoms with van der Waals surface area (Å²) in [5, 5.41) is 0.963. The van der Waals surface area contributed by atoms with Gasteiger partial charge in [-0.05, 0) is 0 Å². The highest BCUT2D eigenvalue weighted by molar-refractivity contribution is 6.93. The van der Waals surface area contributed by atoms with E-state index in [1.165, 1.54) is 0 Å². The van der Waals surface area contributed by atoms with E-state index in [1.807, 2.05) is 18.8 Å². The predicted octanol–water partition coefficient (Wildman–Crippen LogP) is 3.35. The summed E-state index contributed by atoms with van der Waals surface area (Å²) in [6.45, 7) is 7.81. The van der Waals surface area contributed by atoms with Gasteiger partial charge in [-0.15, -0.1) is 6.58 Å². The molecular formula is C11H13F3Si. The number of benzene rings is 1. The number of alkyl halides is 3. The molecule has 1 aromatic carbocycles. The average molecular weight is 230 g/mol. The molecule has 15 heavy (non-hydrogen) atoms. The minimum atomic E-state index is -4.25. The first-order chi connectivity index (χ1) is 6.77. The maximum Gasteiger partial charge on any atom is 0.416 e. The van der Waals surface area contributed by atoms with Crippen molar-refractivity contribution in [1.29, 1.82) is 0 Å². The van der Waals surface area contributed by atoms with E-state index in [-0.39, 0.29) is 0 Å². The molecule has 0 fully saturated rings. The smallest absolute Gasteiger partial charge is 0.166 e. The molecule has 0 bridgehead atoms. The summed E-state index contributed by atoms with van der Waals surface area (Å²) >= 11 is 0. The average Bonchev–Trinajstić information content (AvgIpc) is 2.17. The first-order valence-electron chi connectivity index (χ1n) is 4.59. The molecule has 0 aromatic heterocycles. The lowest BCUT2D eigenvalue weighted by Crippen LogP contribution is -2.39. The van der Waals surface area contributed by atoms with Gasteiger partial charge in [0, 0.05) is 0 Å². The molecule has 0 spiro atoms. The number of rotatable bonds is 2. The molecule has 1 aromatic rings. The van der Waals surface area contributed by atoms with Crippen LogP contribution in [-0.4, -0.2) is 8.07 Å². The van der Waals surface area contributed by atoms with Gasteiger partial charge in [0.15, 0.2) is 0 Å². The van der Waals surface area contributed by atoms with E-state index in [4.69, 9.17) is 0 Å². The van der Waals surface area contributed by atoms with Crippen LogP contribution < -0.4 is 5.19 Å². The topological polar surface area (TPSA) is 0 Å². The maximum absolute atomic E-state index is 12.3. The molecule has 4 heteroatoms. The van der Waals surface area contributed by atoms with Crippen molar-refractivity contribution < 1.29 is 13.2 Å². The third kappa shape index (κ3) is 2.72. The highest BCUT2D eigenvalue weighted by Crippen LogP contribution is 2.28. The van der Waals surface area contributed by atoms with Crippen molar-refractivity contribution in [3.8, 4) is 0 Å². The number of hydrogen-bond donors (Lipinski definition) is 0. The Hall–Kier alpha value is -1.03. The van der Waals surface area contributed by atoms with E-state index in [0.717, 1.165) is 17.3 Å². The zero-order valence-corrected chi connectivity index (χ0v) is 9.73. The van der Waals surface area contributed by atoms with E-state index in [2.05, 4.69) is 6.58 Å². The van der Waals surface area contributed by atoms with Crippen molar-refractivity contribution >= 4 is 13.3 Å². The van der Waals surface area contributed by atoms with Crippen LogP contribution in [0.15, 0.2) is 36.5 Å². The molecule has 0 aliphatic rings. The highest BCUT2D eigenvalue weighted by Gasteiger charge is 2.30. The van der Waals surface area contributed by atoms with Crippen molar-refractivity contribution in [2.24, 2.45) is 0 Å². The van der Waals surface area contributed by atoms with Gasteiger partial charge in [-0.25, -0.2) is 0 Å². The van der Waals surface area contributed by atoms with Gasteiger partial charge in [0.1, 0.15) is 8.07 Å². The van der Waals surface area contributed by atoms with Crippen LogP contribution in [-0.2, 0) is 6.18 Å². The molecule has 0 saturated carbocycles.